The molecule has 2 aliphatic rings. The van der Waals surface area contributed by atoms with Crippen molar-refractivity contribution in [3.05, 3.63) is 64.7 Å². The molecule has 1 fully saturated rings. The largest absolute Gasteiger partial charge is 0.388 e. The molecule has 2 N–H and O–H groups in total. The summed E-state index contributed by atoms with van der Waals surface area (Å²) >= 11 is 11.5. The van der Waals surface area contributed by atoms with Gasteiger partial charge in [-0.05, 0) is 49.0 Å². The van der Waals surface area contributed by atoms with Crippen LogP contribution in [0.3, 0.4) is 0 Å². The smallest absolute Gasteiger partial charge is 0.269 e. The molecule has 1 spiro atoms. The van der Waals surface area contributed by atoms with Crippen molar-refractivity contribution >= 4 is 46.2 Å². The van der Waals surface area contributed by atoms with E-state index in [0.29, 0.717) is 28.8 Å². The molecule has 2 aliphatic heterocycles. The first-order valence-electron chi connectivity index (χ1n) is 10.3. The first kappa shape index (κ1) is 21.6. The Morgan fingerprint density at radius 3 is 2.52 bits per heavy atom. The van der Waals surface area contributed by atoms with E-state index < -0.39 is 5.60 Å². The molecule has 2 aromatic rings. The zero-order valence-corrected chi connectivity index (χ0v) is 18.9. The van der Waals surface area contributed by atoms with E-state index in [1.54, 1.807) is 12.1 Å². The molecule has 1 amide bonds. The molecule has 0 atom stereocenters. The van der Waals surface area contributed by atoms with Crippen molar-refractivity contribution in [1.29, 1.82) is 0 Å². The molecular weight excluding hydrogens is 432 g/mol. The Hall–Kier alpha value is -2.64. The summed E-state index contributed by atoms with van der Waals surface area (Å²) in [4.78, 5) is 20.4. The Balaban J connectivity index is 1.25. The second-order valence-electron chi connectivity index (χ2n) is 8.08. The first-order valence-corrected chi connectivity index (χ1v) is 11.1. The van der Waals surface area contributed by atoms with Crippen molar-refractivity contribution in [3.63, 3.8) is 0 Å². The van der Waals surface area contributed by atoms with Gasteiger partial charge in [0.2, 0.25) is 0 Å². The molecule has 0 bridgehead atoms. The number of likely N-dealkylation sites (tertiary alicyclic amines) is 1. The topological polar surface area (TPSA) is 66.0 Å². The van der Waals surface area contributed by atoms with Gasteiger partial charge in [0.1, 0.15) is 11.3 Å². The fourth-order valence-electron chi connectivity index (χ4n) is 3.75. The number of aryl methyl sites for hydroxylation is 1. The molecule has 31 heavy (non-hydrogen) atoms. The molecule has 0 aromatic heterocycles. The standard InChI is InChI=1S/C23H25ClN4O2S/c1-16-2-8-19(9-3-16)26-22(31)28-12-10-23(11-13-28)14-20(27-30-23)21(29)25-15-17-4-6-18(24)7-5-17/h2-9H,10-15H2,1H3,(H,25,29)(H,26,31). The number of benzene rings is 2. The summed E-state index contributed by atoms with van der Waals surface area (Å²) in [6.07, 6.45) is 2.05. The van der Waals surface area contributed by atoms with Crippen molar-refractivity contribution < 1.29 is 9.63 Å². The fourth-order valence-corrected chi connectivity index (χ4v) is 4.18. The molecule has 2 aromatic carbocycles. The summed E-state index contributed by atoms with van der Waals surface area (Å²) in [5.74, 6) is -0.189. The molecule has 0 radical (unpaired) electrons. The van der Waals surface area contributed by atoms with Gasteiger partial charge in [-0.2, -0.15) is 0 Å². The third kappa shape index (κ3) is 5.35. The summed E-state index contributed by atoms with van der Waals surface area (Å²) < 4.78 is 0. The van der Waals surface area contributed by atoms with Gasteiger partial charge in [0.05, 0.1) is 0 Å². The summed E-state index contributed by atoms with van der Waals surface area (Å²) in [6, 6.07) is 15.5. The van der Waals surface area contributed by atoms with Gasteiger partial charge in [-0.3, -0.25) is 4.79 Å². The Labute approximate surface area is 192 Å². The number of carbonyl (C=O) groups excluding carboxylic acids is 1. The predicted molar refractivity (Wildman–Crippen MR) is 127 cm³/mol. The van der Waals surface area contributed by atoms with E-state index in [0.717, 1.165) is 37.2 Å². The number of oxime groups is 1. The maximum absolute atomic E-state index is 12.5. The molecule has 0 saturated carbocycles. The number of nitrogens with one attached hydrogen (secondary N) is 2. The van der Waals surface area contributed by atoms with E-state index in [1.807, 2.05) is 24.3 Å². The Kier molecular flexibility index (Phi) is 6.43. The number of piperidine rings is 1. The number of anilines is 1. The van der Waals surface area contributed by atoms with Crippen LogP contribution in [0.1, 0.15) is 30.4 Å². The molecular formula is C23H25ClN4O2S. The lowest BCUT2D eigenvalue weighted by atomic mass is 9.87. The van der Waals surface area contributed by atoms with Crippen LogP contribution in [-0.4, -0.2) is 40.3 Å². The minimum atomic E-state index is -0.414. The maximum atomic E-state index is 12.5. The van der Waals surface area contributed by atoms with Crippen LogP contribution in [0.2, 0.25) is 5.02 Å². The normalized spacial score (nSPS) is 17.1. The molecule has 8 heteroatoms. The predicted octanol–water partition coefficient (Wildman–Crippen LogP) is 4.27. The third-order valence-corrected chi connectivity index (χ3v) is 6.34. The maximum Gasteiger partial charge on any atom is 0.269 e. The van der Waals surface area contributed by atoms with Crippen LogP contribution >= 0.6 is 23.8 Å². The van der Waals surface area contributed by atoms with Crippen LogP contribution in [0.15, 0.2) is 53.7 Å². The van der Waals surface area contributed by atoms with E-state index in [4.69, 9.17) is 28.7 Å². The monoisotopic (exact) mass is 456 g/mol. The summed E-state index contributed by atoms with van der Waals surface area (Å²) in [5.41, 5.74) is 3.21. The number of hydrogen-bond donors (Lipinski definition) is 2. The molecule has 4 rings (SSSR count). The summed E-state index contributed by atoms with van der Waals surface area (Å²) in [7, 11) is 0. The van der Waals surface area contributed by atoms with Crippen LogP contribution in [0.4, 0.5) is 5.69 Å². The number of hydrogen-bond acceptors (Lipinski definition) is 4. The first-order chi connectivity index (χ1) is 14.9. The van der Waals surface area contributed by atoms with E-state index in [1.165, 1.54) is 5.56 Å². The number of halogens is 1. The van der Waals surface area contributed by atoms with Gasteiger partial charge >= 0.3 is 0 Å². The van der Waals surface area contributed by atoms with Crippen LogP contribution < -0.4 is 10.6 Å². The quantitative estimate of drug-likeness (QED) is 0.672. The average molecular weight is 457 g/mol. The highest BCUT2D eigenvalue weighted by molar-refractivity contribution is 7.80. The summed E-state index contributed by atoms with van der Waals surface area (Å²) in [5, 5.41) is 11.7. The number of nitrogens with zero attached hydrogens (tertiary/aromatic N) is 2. The van der Waals surface area contributed by atoms with Gasteiger partial charge in [-0.15, -0.1) is 0 Å². The van der Waals surface area contributed by atoms with Crippen molar-refractivity contribution in [2.45, 2.75) is 38.3 Å². The Bertz CT molecular complexity index is 984. The molecule has 6 nitrogen and oxygen atoms in total. The van der Waals surface area contributed by atoms with E-state index in [2.05, 4.69) is 39.7 Å². The molecule has 0 unspecified atom stereocenters. The van der Waals surface area contributed by atoms with E-state index in [-0.39, 0.29) is 5.91 Å². The summed E-state index contributed by atoms with van der Waals surface area (Å²) in [6.45, 7) is 4.00. The highest BCUT2D eigenvalue weighted by Crippen LogP contribution is 2.35. The molecule has 162 valence electrons. The SMILES string of the molecule is Cc1ccc(NC(=S)N2CCC3(CC2)CC(C(=O)NCc2ccc(Cl)cc2)=NO3)cc1. The highest BCUT2D eigenvalue weighted by Gasteiger charge is 2.44. The molecule has 2 heterocycles. The highest BCUT2D eigenvalue weighted by atomic mass is 35.5. The third-order valence-electron chi connectivity index (χ3n) is 5.73. The number of carbonyl (C=O) groups is 1. The van der Waals surface area contributed by atoms with Crippen molar-refractivity contribution in [2.75, 3.05) is 18.4 Å². The fraction of sp³-hybridized carbons (Fsp3) is 0.348. The van der Waals surface area contributed by atoms with Crippen molar-refractivity contribution in [3.8, 4) is 0 Å². The second kappa shape index (κ2) is 9.24. The second-order valence-corrected chi connectivity index (χ2v) is 8.90. The van der Waals surface area contributed by atoms with Gasteiger partial charge < -0.3 is 20.4 Å². The Morgan fingerprint density at radius 1 is 1.16 bits per heavy atom. The van der Waals surface area contributed by atoms with E-state index >= 15 is 0 Å². The lowest BCUT2D eigenvalue weighted by molar-refractivity contribution is -0.115. The minimum absolute atomic E-state index is 0.189. The zero-order chi connectivity index (χ0) is 21.8. The van der Waals surface area contributed by atoms with Crippen LogP contribution in [0.5, 0.6) is 0 Å². The Morgan fingerprint density at radius 2 is 1.84 bits per heavy atom. The van der Waals surface area contributed by atoms with Crippen molar-refractivity contribution in [1.82, 2.24) is 10.2 Å². The number of amides is 1. The van der Waals surface area contributed by atoms with Crippen LogP contribution in [0, 0.1) is 6.92 Å². The average Bonchev–Trinajstić information content (AvgIpc) is 3.19. The lowest BCUT2D eigenvalue weighted by Crippen LogP contribution is -2.48. The molecule has 1 saturated heterocycles. The van der Waals surface area contributed by atoms with Gasteiger partial charge in [0.25, 0.3) is 5.91 Å². The van der Waals surface area contributed by atoms with Gasteiger partial charge in [-0.1, -0.05) is 46.6 Å². The minimum Gasteiger partial charge on any atom is -0.388 e. The van der Waals surface area contributed by atoms with Crippen LogP contribution in [-0.2, 0) is 16.2 Å². The van der Waals surface area contributed by atoms with Gasteiger partial charge in [0.15, 0.2) is 5.11 Å². The van der Waals surface area contributed by atoms with Gasteiger partial charge in [0, 0.05) is 49.6 Å². The number of rotatable bonds is 4. The van der Waals surface area contributed by atoms with E-state index in [9.17, 15) is 4.79 Å². The van der Waals surface area contributed by atoms with Crippen molar-refractivity contribution in [2.24, 2.45) is 5.16 Å². The zero-order valence-electron chi connectivity index (χ0n) is 17.4. The number of thiocarbonyl (C=S) groups is 1. The lowest BCUT2D eigenvalue weighted by Gasteiger charge is -2.38. The van der Waals surface area contributed by atoms with Gasteiger partial charge in [-0.25, -0.2) is 0 Å². The molecule has 0 aliphatic carbocycles. The van der Waals surface area contributed by atoms with Crippen LogP contribution in [0.25, 0.3) is 0 Å².